The molecule has 0 aliphatic rings. The average Bonchev–Trinajstić information content (AvgIpc) is 2.82. The summed E-state index contributed by atoms with van der Waals surface area (Å²) in [5, 5.41) is 8.38. The molecule has 1 aromatic carbocycles. The van der Waals surface area contributed by atoms with E-state index < -0.39 is 0 Å². The molecule has 3 aromatic rings. The van der Waals surface area contributed by atoms with Gasteiger partial charge in [0.05, 0.1) is 0 Å². The summed E-state index contributed by atoms with van der Waals surface area (Å²) in [6, 6.07) is 13.7. The molecule has 5 nitrogen and oxygen atoms in total. The Morgan fingerprint density at radius 3 is 2.58 bits per heavy atom. The highest BCUT2D eigenvalue weighted by Crippen LogP contribution is 2.22. The molecule has 0 aliphatic heterocycles. The van der Waals surface area contributed by atoms with Crippen LogP contribution in [0.1, 0.15) is 5.82 Å². The summed E-state index contributed by atoms with van der Waals surface area (Å²) >= 11 is 0. The van der Waals surface area contributed by atoms with Gasteiger partial charge in [0.2, 0.25) is 0 Å². The van der Waals surface area contributed by atoms with Gasteiger partial charge in [-0.25, -0.2) is 4.98 Å². The smallest absolute Gasteiger partial charge is 0.168 e. The van der Waals surface area contributed by atoms with Crippen molar-refractivity contribution in [3.8, 4) is 17.1 Å². The van der Waals surface area contributed by atoms with E-state index in [0.717, 1.165) is 22.9 Å². The van der Waals surface area contributed by atoms with Gasteiger partial charge in [-0.3, -0.25) is 4.57 Å². The number of nitrogens with zero attached hydrogens (tertiary/aromatic N) is 4. The molecule has 2 aromatic heterocycles. The minimum atomic E-state index is 0.470. The molecule has 0 amide bonds. The van der Waals surface area contributed by atoms with Crippen molar-refractivity contribution < 1.29 is 0 Å². The van der Waals surface area contributed by atoms with Gasteiger partial charge in [-0.05, 0) is 31.2 Å². The van der Waals surface area contributed by atoms with Crippen LogP contribution in [0.2, 0.25) is 0 Å². The molecule has 0 unspecified atom stereocenters. The minimum absolute atomic E-state index is 0.470. The first-order valence-electron chi connectivity index (χ1n) is 5.95. The largest absolute Gasteiger partial charge is 0.384 e. The van der Waals surface area contributed by atoms with E-state index in [2.05, 4.69) is 15.2 Å². The molecule has 0 radical (unpaired) electrons. The van der Waals surface area contributed by atoms with Crippen LogP contribution in [-0.2, 0) is 0 Å². The van der Waals surface area contributed by atoms with E-state index >= 15 is 0 Å². The fourth-order valence-electron chi connectivity index (χ4n) is 2.02. The molecule has 2 heterocycles. The predicted octanol–water partition coefficient (Wildman–Crippen LogP) is 2.22. The molecule has 2 N–H and O–H groups in total. The number of anilines is 1. The zero-order chi connectivity index (χ0) is 13.2. The molecular weight excluding hydrogens is 238 g/mol. The summed E-state index contributed by atoms with van der Waals surface area (Å²) < 4.78 is 1.99. The standard InChI is InChI=1S/C14H13N5/c1-10-17-18-14(11-7-8-16-13(15)9-11)19(10)12-5-3-2-4-6-12/h2-9H,1H3,(H2,15,16). The lowest BCUT2D eigenvalue weighted by molar-refractivity contribution is 0.972. The fourth-order valence-corrected chi connectivity index (χ4v) is 2.02. The SMILES string of the molecule is Cc1nnc(-c2ccnc(N)c2)n1-c1ccccc1. The lowest BCUT2D eigenvalue weighted by Gasteiger charge is -2.08. The van der Waals surface area contributed by atoms with E-state index in [9.17, 15) is 0 Å². The number of nitrogen functional groups attached to an aromatic ring is 1. The average molecular weight is 251 g/mol. The van der Waals surface area contributed by atoms with Crippen LogP contribution in [0, 0.1) is 6.92 Å². The first-order chi connectivity index (χ1) is 9.25. The quantitative estimate of drug-likeness (QED) is 0.758. The highest BCUT2D eigenvalue weighted by atomic mass is 15.3. The summed E-state index contributed by atoms with van der Waals surface area (Å²) in [5.74, 6) is 2.06. The van der Waals surface area contributed by atoms with Crippen molar-refractivity contribution in [3.63, 3.8) is 0 Å². The molecule has 0 fully saturated rings. The zero-order valence-corrected chi connectivity index (χ0v) is 10.5. The van der Waals surface area contributed by atoms with Crippen LogP contribution in [-0.4, -0.2) is 19.7 Å². The van der Waals surface area contributed by atoms with Crippen LogP contribution in [0.3, 0.4) is 0 Å². The molecule has 0 aliphatic carbocycles. The molecule has 19 heavy (non-hydrogen) atoms. The Balaban J connectivity index is 2.19. The Morgan fingerprint density at radius 1 is 1.05 bits per heavy atom. The first-order valence-corrected chi connectivity index (χ1v) is 5.95. The van der Waals surface area contributed by atoms with Crippen LogP contribution in [0.5, 0.6) is 0 Å². The van der Waals surface area contributed by atoms with Crippen molar-refractivity contribution in [2.45, 2.75) is 6.92 Å². The Morgan fingerprint density at radius 2 is 1.84 bits per heavy atom. The van der Waals surface area contributed by atoms with Crippen LogP contribution in [0.15, 0.2) is 48.7 Å². The van der Waals surface area contributed by atoms with E-state index in [1.165, 1.54) is 0 Å². The van der Waals surface area contributed by atoms with Crippen molar-refractivity contribution >= 4 is 5.82 Å². The zero-order valence-electron chi connectivity index (χ0n) is 10.5. The lowest BCUT2D eigenvalue weighted by atomic mass is 10.2. The summed E-state index contributed by atoms with van der Waals surface area (Å²) in [4.78, 5) is 3.99. The van der Waals surface area contributed by atoms with Gasteiger partial charge in [-0.15, -0.1) is 10.2 Å². The van der Waals surface area contributed by atoms with Crippen molar-refractivity contribution in [2.75, 3.05) is 5.73 Å². The number of hydrogen-bond acceptors (Lipinski definition) is 4. The summed E-state index contributed by atoms with van der Waals surface area (Å²) in [7, 11) is 0. The van der Waals surface area contributed by atoms with E-state index in [4.69, 9.17) is 5.73 Å². The van der Waals surface area contributed by atoms with Gasteiger partial charge >= 0.3 is 0 Å². The van der Waals surface area contributed by atoms with Crippen molar-refractivity contribution in [1.82, 2.24) is 19.7 Å². The second-order valence-electron chi connectivity index (χ2n) is 4.21. The van der Waals surface area contributed by atoms with Gasteiger partial charge in [0.15, 0.2) is 5.82 Å². The molecule has 0 saturated carbocycles. The van der Waals surface area contributed by atoms with Crippen LogP contribution in [0.4, 0.5) is 5.82 Å². The van der Waals surface area contributed by atoms with Crippen LogP contribution >= 0.6 is 0 Å². The summed E-state index contributed by atoms with van der Waals surface area (Å²) in [6.45, 7) is 1.92. The van der Waals surface area contributed by atoms with E-state index in [0.29, 0.717) is 5.82 Å². The highest BCUT2D eigenvalue weighted by Gasteiger charge is 2.12. The second-order valence-corrected chi connectivity index (χ2v) is 4.21. The Labute approximate surface area is 110 Å². The van der Waals surface area contributed by atoms with Gasteiger partial charge in [-0.2, -0.15) is 0 Å². The summed E-state index contributed by atoms with van der Waals surface area (Å²) in [6.07, 6.45) is 1.67. The van der Waals surface area contributed by atoms with E-state index in [1.54, 1.807) is 12.3 Å². The second kappa shape index (κ2) is 4.53. The number of aryl methyl sites for hydroxylation is 1. The van der Waals surface area contributed by atoms with Gasteiger partial charge in [0.1, 0.15) is 11.6 Å². The topological polar surface area (TPSA) is 69.6 Å². The number of benzene rings is 1. The number of pyridine rings is 1. The van der Waals surface area contributed by atoms with E-state index in [1.807, 2.05) is 47.9 Å². The van der Waals surface area contributed by atoms with Crippen LogP contribution < -0.4 is 5.73 Å². The number of para-hydroxylation sites is 1. The molecule has 0 saturated heterocycles. The predicted molar refractivity (Wildman–Crippen MR) is 73.7 cm³/mol. The highest BCUT2D eigenvalue weighted by molar-refractivity contribution is 5.61. The van der Waals surface area contributed by atoms with Crippen molar-refractivity contribution in [1.29, 1.82) is 0 Å². The molecule has 0 bridgehead atoms. The normalized spacial score (nSPS) is 10.6. The summed E-state index contributed by atoms with van der Waals surface area (Å²) in [5.41, 5.74) is 7.65. The number of hydrogen-bond donors (Lipinski definition) is 1. The van der Waals surface area contributed by atoms with Gasteiger partial charge in [0, 0.05) is 17.4 Å². The third kappa shape index (κ3) is 2.06. The molecule has 0 atom stereocenters. The lowest BCUT2D eigenvalue weighted by Crippen LogP contribution is -2.00. The molecule has 3 rings (SSSR count). The number of nitrogens with two attached hydrogens (primary N) is 1. The molecular formula is C14H13N5. The van der Waals surface area contributed by atoms with Gasteiger partial charge in [-0.1, -0.05) is 18.2 Å². The van der Waals surface area contributed by atoms with E-state index in [-0.39, 0.29) is 0 Å². The Hall–Kier alpha value is -2.69. The fraction of sp³-hybridized carbons (Fsp3) is 0.0714. The third-order valence-corrected chi connectivity index (χ3v) is 2.88. The molecule has 94 valence electrons. The Kier molecular flexibility index (Phi) is 2.72. The maximum absolute atomic E-state index is 5.72. The number of rotatable bonds is 2. The maximum atomic E-state index is 5.72. The van der Waals surface area contributed by atoms with Crippen molar-refractivity contribution in [3.05, 3.63) is 54.5 Å². The Bertz CT molecular complexity index is 703. The van der Waals surface area contributed by atoms with Gasteiger partial charge in [0.25, 0.3) is 0 Å². The van der Waals surface area contributed by atoms with Crippen LogP contribution in [0.25, 0.3) is 17.1 Å². The third-order valence-electron chi connectivity index (χ3n) is 2.88. The molecule has 0 spiro atoms. The monoisotopic (exact) mass is 251 g/mol. The minimum Gasteiger partial charge on any atom is -0.384 e. The first kappa shape index (κ1) is 11.4. The maximum Gasteiger partial charge on any atom is 0.168 e. The molecule has 5 heteroatoms. The van der Waals surface area contributed by atoms with Gasteiger partial charge < -0.3 is 5.73 Å². The number of aromatic nitrogens is 4. The van der Waals surface area contributed by atoms with Crippen molar-refractivity contribution in [2.24, 2.45) is 0 Å².